The van der Waals surface area contributed by atoms with Gasteiger partial charge in [0.1, 0.15) is 11.5 Å². The fourth-order valence-corrected chi connectivity index (χ4v) is 8.23. The van der Waals surface area contributed by atoms with Crippen LogP contribution in [0.4, 0.5) is 0 Å². The minimum absolute atomic E-state index is 0.815. The van der Waals surface area contributed by atoms with Crippen molar-refractivity contribution in [1.82, 2.24) is 4.57 Å². The van der Waals surface area contributed by atoms with Gasteiger partial charge in [0.05, 0.1) is 18.1 Å². The molecule has 1 aromatic heterocycles. The Hall–Kier alpha value is -6.06. The number of hydrogen-bond donors (Lipinski definition) is 0. The van der Waals surface area contributed by atoms with Gasteiger partial charge in [-0.1, -0.05) is 109 Å². The second kappa shape index (κ2) is 9.97. The molecule has 10 rings (SSSR count). The van der Waals surface area contributed by atoms with E-state index in [0.29, 0.717) is 0 Å². The van der Waals surface area contributed by atoms with Crippen molar-refractivity contribution in [2.45, 2.75) is 12.5 Å². The summed E-state index contributed by atoms with van der Waals surface area (Å²) in [5, 5.41) is 4.92. The summed E-state index contributed by atoms with van der Waals surface area (Å²) < 4.78 is 15.3. The Bertz CT molecular complexity index is 2570. The molecule has 1 atom stereocenters. The van der Waals surface area contributed by atoms with Crippen molar-refractivity contribution in [3.63, 3.8) is 0 Å². The Morgan fingerprint density at radius 2 is 1.17 bits per heavy atom. The normalized spacial score (nSPS) is 15.9. The molecule has 0 saturated carbocycles. The largest absolute Gasteiger partial charge is 0.497 e. The molecule has 228 valence electrons. The van der Waals surface area contributed by atoms with Crippen molar-refractivity contribution >= 4 is 38.7 Å². The third kappa shape index (κ3) is 3.59. The van der Waals surface area contributed by atoms with Crippen LogP contribution in [-0.4, -0.2) is 11.7 Å². The summed E-state index contributed by atoms with van der Waals surface area (Å²) in [6.45, 7) is 2.24. The topological polar surface area (TPSA) is 23.4 Å². The molecule has 0 bridgehead atoms. The average molecular weight is 618 g/mol. The van der Waals surface area contributed by atoms with E-state index in [1.54, 1.807) is 7.11 Å². The van der Waals surface area contributed by atoms with Crippen LogP contribution in [0.3, 0.4) is 0 Å². The van der Waals surface area contributed by atoms with Crippen molar-refractivity contribution in [3.05, 3.63) is 168 Å². The van der Waals surface area contributed by atoms with Gasteiger partial charge in [-0.3, -0.25) is 0 Å². The number of para-hydroxylation sites is 2. The van der Waals surface area contributed by atoms with Crippen molar-refractivity contribution < 1.29 is 9.47 Å². The first-order valence-electron chi connectivity index (χ1n) is 16.5. The molecule has 3 nitrogen and oxygen atoms in total. The fraction of sp³-hybridized carbons (Fsp3) is 0.0667. The minimum atomic E-state index is -0.851. The minimum Gasteiger partial charge on any atom is -0.497 e. The van der Waals surface area contributed by atoms with Crippen LogP contribution in [0.2, 0.25) is 0 Å². The summed E-state index contributed by atoms with van der Waals surface area (Å²) >= 11 is 0. The lowest BCUT2D eigenvalue weighted by atomic mass is 9.82. The number of rotatable bonds is 4. The molecule has 0 amide bonds. The maximum atomic E-state index is 7.43. The Kier molecular flexibility index (Phi) is 5.63. The van der Waals surface area contributed by atoms with E-state index in [4.69, 9.17) is 9.47 Å². The second-order valence-corrected chi connectivity index (χ2v) is 12.8. The molecule has 0 spiro atoms. The SMILES string of the molecule is COc1ccc(C2(c3ccc(-n4c5ccccc5c5ccccc54)cc3)C=Cc3c(C)c4c5c(cccc5c3O2)-c2ccccc2-4)cc1. The molecule has 2 aliphatic rings. The van der Waals surface area contributed by atoms with Gasteiger partial charge >= 0.3 is 0 Å². The number of nitrogens with zero attached hydrogens (tertiary/aromatic N) is 1. The number of methoxy groups -OCH3 is 1. The number of fused-ring (bicyclic) bond motifs is 8. The molecule has 8 aromatic rings. The monoisotopic (exact) mass is 617 g/mol. The maximum absolute atomic E-state index is 7.43. The van der Waals surface area contributed by atoms with Crippen LogP contribution in [0.5, 0.6) is 11.5 Å². The van der Waals surface area contributed by atoms with Gasteiger partial charge in [-0.2, -0.15) is 0 Å². The standard InChI is InChI=1S/C45H31NO2/c1-28-33-26-27-45(30-20-24-32(47-2)25-21-30,48-44(33)39-15-9-14-38-34-10-3-4-13-37(34)42(28)43(38)39)29-18-22-31(23-19-29)46-40-16-7-5-11-35(40)36-12-6-8-17-41(36)46/h3-27H,1-2H3. The van der Waals surface area contributed by atoms with Crippen LogP contribution in [0, 0.1) is 6.92 Å². The summed E-state index contributed by atoms with van der Waals surface area (Å²) in [6, 6.07) is 49.8. The Morgan fingerprint density at radius 3 is 1.85 bits per heavy atom. The first kappa shape index (κ1) is 27.1. The number of benzene rings is 7. The predicted molar refractivity (Wildman–Crippen MR) is 197 cm³/mol. The second-order valence-electron chi connectivity index (χ2n) is 12.8. The maximum Gasteiger partial charge on any atom is 0.178 e. The molecule has 2 heterocycles. The summed E-state index contributed by atoms with van der Waals surface area (Å²) in [7, 11) is 1.70. The van der Waals surface area contributed by atoms with E-state index in [1.165, 1.54) is 55.0 Å². The molecule has 1 aliphatic carbocycles. The molecule has 0 N–H and O–H groups in total. The molecule has 0 saturated heterocycles. The quantitative estimate of drug-likeness (QED) is 0.196. The first-order chi connectivity index (χ1) is 23.7. The van der Waals surface area contributed by atoms with Gasteiger partial charge in [0, 0.05) is 43.9 Å². The van der Waals surface area contributed by atoms with Gasteiger partial charge in [-0.25, -0.2) is 0 Å². The Labute approximate surface area is 278 Å². The summed E-state index contributed by atoms with van der Waals surface area (Å²) in [5.74, 6) is 1.74. The van der Waals surface area contributed by atoms with Crippen LogP contribution in [-0.2, 0) is 5.60 Å². The third-order valence-corrected chi connectivity index (χ3v) is 10.5. The number of aromatic nitrogens is 1. The van der Waals surface area contributed by atoms with E-state index in [-0.39, 0.29) is 0 Å². The van der Waals surface area contributed by atoms with Crippen LogP contribution in [0.25, 0.3) is 66.6 Å². The molecule has 0 radical (unpaired) electrons. The summed E-state index contributed by atoms with van der Waals surface area (Å²) in [5.41, 5.74) is 12.3. The van der Waals surface area contributed by atoms with Crippen LogP contribution in [0.1, 0.15) is 22.3 Å². The summed E-state index contributed by atoms with van der Waals surface area (Å²) in [6.07, 6.45) is 4.52. The zero-order valence-corrected chi connectivity index (χ0v) is 26.7. The van der Waals surface area contributed by atoms with Crippen molar-refractivity contribution in [1.29, 1.82) is 0 Å². The predicted octanol–water partition coefficient (Wildman–Crippen LogP) is 11.3. The van der Waals surface area contributed by atoms with Gasteiger partial charge < -0.3 is 14.0 Å². The van der Waals surface area contributed by atoms with Crippen molar-refractivity contribution in [3.8, 4) is 39.4 Å². The van der Waals surface area contributed by atoms with Gasteiger partial charge in [0.15, 0.2) is 5.60 Å². The fourth-order valence-electron chi connectivity index (χ4n) is 8.23. The van der Waals surface area contributed by atoms with Gasteiger partial charge in [-0.05, 0) is 77.2 Å². The summed E-state index contributed by atoms with van der Waals surface area (Å²) in [4.78, 5) is 0. The van der Waals surface area contributed by atoms with E-state index in [1.807, 2.05) is 12.1 Å². The lowest BCUT2D eigenvalue weighted by Gasteiger charge is -2.37. The highest BCUT2D eigenvalue weighted by atomic mass is 16.5. The zero-order valence-electron chi connectivity index (χ0n) is 26.7. The number of hydrogen-bond acceptors (Lipinski definition) is 2. The van der Waals surface area contributed by atoms with Crippen LogP contribution in [0.15, 0.2) is 146 Å². The Morgan fingerprint density at radius 1 is 0.583 bits per heavy atom. The third-order valence-electron chi connectivity index (χ3n) is 10.5. The van der Waals surface area contributed by atoms with Gasteiger partial charge in [0.2, 0.25) is 0 Å². The van der Waals surface area contributed by atoms with Crippen molar-refractivity contribution in [2.24, 2.45) is 0 Å². The molecule has 1 unspecified atom stereocenters. The van der Waals surface area contributed by atoms with E-state index in [9.17, 15) is 0 Å². The molecular weight excluding hydrogens is 587 g/mol. The molecule has 7 aromatic carbocycles. The molecule has 48 heavy (non-hydrogen) atoms. The van der Waals surface area contributed by atoms with E-state index in [0.717, 1.165) is 39.3 Å². The van der Waals surface area contributed by atoms with Gasteiger partial charge in [-0.15, -0.1) is 0 Å². The lowest BCUT2D eigenvalue weighted by molar-refractivity contribution is 0.163. The first-order valence-corrected chi connectivity index (χ1v) is 16.5. The molecule has 3 heteroatoms. The average Bonchev–Trinajstić information content (AvgIpc) is 3.68. The smallest absolute Gasteiger partial charge is 0.178 e. The highest BCUT2D eigenvalue weighted by Crippen LogP contribution is 2.55. The van der Waals surface area contributed by atoms with Crippen molar-refractivity contribution in [2.75, 3.05) is 7.11 Å². The van der Waals surface area contributed by atoms with E-state index in [2.05, 4.69) is 151 Å². The van der Waals surface area contributed by atoms with Gasteiger partial charge in [0.25, 0.3) is 0 Å². The molecule has 0 fully saturated rings. The molecule has 1 aliphatic heterocycles. The number of ether oxygens (including phenoxy) is 2. The van der Waals surface area contributed by atoms with Crippen LogP contribution >= 0.6 is 0 Å². The van der Waals surface area contributed by atoms with E-state index >= 15 is 0 Å². The lowest BCUT2D eigenvalue weighted by Crippen LogP contribution is -2.34. The highest BCUT2D eigenvalue weighted by Gasteiger charge is 2.39. The Balaban J connectivity index is 1.18. The molecular formula is C45H31NO2. The zero-order chi connectivity index (χ0) is 32.0. The van der Waals surface area contributed by atoms with E-state index < -0.39 is 5.60 Å². The van der Waals surface area contributed by atoms with Crippen LogP contribution < -0.4 is 9.47 Å². The highest BCUT2D eigenvalue weighted by molar-refractivity contribution is 6.19.